The number of rotatable bonds is 4. The highest BCUT2D eigenvalue weighted by atomic mass is 32.1. The van der Waals surface area contributed by atoms with E-state index in [9.17, 15) is 9.90 Å². The summed E-state index contributed by atoms with van der Waals surface area (Å²) in [5.41, 5.74) is 2.07. The van der Waals surface area contributed by atoms with Gasteiger partial charge in [-0.05, 0) is 12.8 Å². The summed E-state index contributed by atoms with van der Waals surface area (Å²) in [5, 5.41) is 11.4. The van der Waals surface area contributed by atoms with E-state index in [1.165, 1.54) is 11.3 Å². The molecule has 0 saturated heterocycles. The second kappa shape index (κ2) is 4.49. The molecule has 0 aliphatic rings. The van der Waals surface area contributed by atoms with Gasteiger partial charge in [-0.1, -0.05) is 20.8 Å². The van der Waals surface area contributed by atoms with Crippen molar-refractivity contribution in [3.8, 4) is 0 Å². The number of aryl methyl sites for hydroxylation is 1. The van der Waals surface area contributed by atoms with Crippen LogP contribution in [0.3, 0.4) is 0 Å². The number of carboxylic acids is 1. The van der Waals surface area contributed by atoms with Crippen molar-refractivity contribution in [1.29, 1.82) is 0 Å². The van der Waals surface area contributed by atoms with Gasteiger partial charge >= 0.3 is 5.97 Å². The van der Waals surface area contributed by atoms with Gasteiger partial charge in [-0.15, -0.1) is 11.3 Å². The van der Waals surface area contributed by atoms with Gasteiger partial charge in [0.25, 0.3) is 0 Å². The molecule has 2 heterocycles. The van der Waals surface area contributed by atoms with Crippen LogP contribution in [0, 0.1) is 0 Å². The molecule has 4 nitrogen and oxygen atoms in total. The van der Waals surface area contributed by atoms with E-state index in [4.69, 9.17) is 0 Å². The Hall–Kier alpha value is -1.36. The van der Waals surface area contributed by atoms with Crippen molar-refractivity contribution in [2.45, 2.75) is 39.5 Å². The van der Waals surface area contributed by atoms with Crippen LogP contribution < -0.4 is 0 Å². The minimum atomic E-state index is -0.888. The monoisotopic (exact) mass is 252 g/mol. The third-order valence-corrected chi connectivity index (χ3v) is 3.98. The van der Waals surface area contributed by atoms with Crippen molar-refractivity contribution in [1.82, 2.24) is 9.38 Å². The van der Waals surface area contributed by atoms with Crippen molar-refractivity contribution < 1.29 is 9.90 Å². The molecule has 1 unspecified atom stereocenters. The average molecular weight is 252 g/mol. The lowest BCUT2D eigenvalue weighted by Crippen LogP contribution is -2.08. The smallest absolute Gasteiger partial charge is 0.354 e. The van der Waals surface area contributed by atoms with Crippen LogP contribution in [0.5, 0.6) is 0 Å². The van der Waals surface area contributed by atoms with E-state index in [1.54, 1.807) is 4.40 Å². The Morgan fingerprint density at radius 3 is 2.82 bits per heavy atom. The van der Waals surface area contributed by atoms with E-state index in [-0.39, 0.29) is 5.92 Å². The van der Waals surface area contributed by atoms with Crippen LogP contribution in [-0.2, 0) is 6.42 Å². The van der Waals surface area contributed by atoms with Gasteiger partial charge in [-0.2, -0.15) is 0 Å². The number of carbonyl (C=O) groups is 1. The van der Waals surface area contributed by atoms with Crippen molar-refractivity contribution in [3.05, 3.63) is 22.5 Å². The van der Waals surface area contributed by atoms with Gasteiger partial charge in [0.15, 0.2) is 10.7 Å². The Bertz CT molecular complexity index is 556. The molecule has 2 aromatic rings. The molecule has 0 spiro atoms. The van der Waals surface area contributed by atoms with Crippen molar-refractivity contribution in [2.24, 2.45) is 0 Å². The lowest BCUT2D eigenvalue weighted by atomic mass is 10.0. The number of hydrogen-bond donors (Lipinski definition) is 1. The maximum absolute atomic E-state index is 11.4. The largest absolute Gasteiger partial charge is 0.477 e. The zero-order chi connectivity index (χ0) is 12.6. The molecule has 0 bridgehead atoms. The van der Waals surface area contributed by atoms with Crippen molar-refractivity contribution in [2.75, 3.05) is 0 Å². The van der Waals surface area contributed by atoms with Gasteiger partial charge in [0, 0.05) is 17.0 Å². The Labute approximate surface area is 104 Å². The number of thiazole rings is 1. The van der Waals surface area contributed by atoms with Crippen molar-refractivity contribution >= 4 is 22.3 Å². The molecular formula is C12H16N2O2S. The molecule has 2 rings (SSSR count). The van der Waals surface area contributed by atoms with Crippen LogP contribution in [-0.4, -0.2) is 20.5 Å². The Kier molecular flexibility index (Phi) is 3.19. The summed E-state index contributed by atoms with van der Waals surface area (Å²) < 4.78 is 1.79. The molecule has 92 valence electrons. The number of aromatic nitrogens is 2. The van der Waals surface area contributed by atoms with Gasteiger partial charge in [-0.3, -0.25) is 4.40 Å². The summed E-state index contributed by atoms with van der Waals surface area (Å²) in [6, 6.07) is 0. The third-order valence-electron chi connectivity index (χ3n) is 3.11. The summed E-state index contributed by atoms with van der Waals surface area (Å²) in [6.45, 7) is 6.09. The van der Waals surface area contributed by atoms with E-state index in [2.05, 4.69) is 4.98 Å². The molecule has 1 N–H and O–H groups in total. The molecular weight excluding hydrogens is 236 g/mol. The second-order valence-electron chi connectivity index (χ2n) is 4.16. The quantitative estimate of drug-likeness (QED) is 0.909. The minimum absolute atomic E-state index is 0.179. The number of aromatic carboxylic acids is 1. The minimum Gasteiger partial charge on any atom is -0.477 e. The number of fused-ring (bicyclic) bond motifs is 1. The summed E-state index contributed by atoms with van der Waals surface area (Å²) >= 11 is 1.51. The van der Waals surface area contributed by atoms with Crippen LogP contribution in [0.4, 0.5) is 0 Å². The molecule has 2 aromatic heterocycles. The zero-order valence-electron chi connectivity index (χ0n) is 10.2. The molecule has 0 amide bonds. The first kappa shape index (κ1) is 12.1. The normalized spacial score (nSPS) is 13.1. The summed E-state index contributed by atoms with van der Waals surface area (Å²) in [5.74, 6) is -0.709. The van der Waals surface area contributed by atoms with E-state index in [0.717, 1.165) is 23.5 Å². The standard InChI is InChI=1S/C12H16N2O2S/c1-4-7(3)9-10(11(15)16)14-8(5-2)6-17-12(14)13-9/h6-7H,4-5H2,1-3H3,(H,15,16). The first-order valence-corrected chi connectivity index (χ1v) is 6.70. The van der Waals surface area contributed by atoms with Crippen LogP contribution in [0.25, 0.3) is 4.96 Å². The lowest BCUT2D eigenvalue weighted by molar-refractivity contribution is 0.0687. The highest BCUT2D eigenvalue weighted by Crippen LogP contribution is 2.27. The molecule has 17 heavy (non-hydrogen) atoms. The van der Waals surface area contributed by atoms with Crippen LogP contribution in [0.2, 0.25) is 0 Å². The first-order chi connectivity index (χ1) is 8.10. The Morgan fingerprint density at radius 1 is 1.59 bits per heavy atom. The van der Waals surface area contributed by atoms with Crippen LogP contribution in [0.1, 0.15) is 55.0 Å². The van der Waals surface area contributed by atoms with Gasteiger partial charge in [-0.25, -0.2) is 9.78 Å². The topological polar surface area (TPSA) is 54.6 Å². The van der Waals surface area contributed by atoms with E-state index in [1.807, 2.05) is 26.2 Å². The first-order valence-electron chi connectivity index (χ1n) is 5.82. The van der Waals surface area contributed by atoms with E-state index < -0.39 is 5.97 Å². The van der Waals surface area contributed by atoms with Gasteiger partial charge in [0.1, 0.15) is 0 Å². The SMILES string of the molecule is CCc1csc2nc(C(C)CC)c(C(=O)O)n12. The fraction of sp³-hybridized carbons (Fsp3) is 0.500. The molecule has 5 heteroatoms. The number of nitrogens with zero attached hydrogens (tertiary/aromatic N) is 2. The lowest BCUT2D eigenvalue weighted by Gasteiger charge is -2.06. The summed E-state index contributed by atoms with van der Waals surface area (Å²) in [7, 11) is 0. The Morgan fingerprint density at radius 2 is 2.29 bits per heavy atom. The number of hydrogen-bond acceptors (Lipinski definition) is 3. The Balaban J connectivity index is 2.73. The maximum atomic E-state index is 11.4. The predicted molar refractivity (Wildman–Crippen MR) is 68.1 cm³/mol. The summed E-state index contributed by atoms with van der Waals surface area (Å²) in [4.78, 5) is 16.7. The molecule has 0 aliphatic carbocycles. The van der Waals surface area contributed by atoms with Crippen LogP contribution in [0.15, 0.2) is 5.38 Å². The highest BCUT2D eigenvalue weighted by Gasteiger charge is 2.24. The second-order valence-corrected chi connectivity index (χ2v) is 5.00. The third kappa shape index (κ3) is 1.84. The molecule has 0 aromatic carbocycles. The summed E-state index contributed by atoms with van der Waals surface area (Å²) in [6.07, 6.45) is 1.71. The van der Waals surface area contributed by atoms with Crippen molar-refractivity contribution in [3.63, 3.8) is 0 Å². The van der Waals surface area contributed by atoms with Gasteiger partial charge in [0.2, 0.25) is 0 Å². The number of imidazole rings is 1. The molecule has 0 saturated carbocycles. The molecule has 0 radical (unpaired) electrons. The number of carboxylic acid groups (broad SMARTS) is 1. The molecule has 0 aliphatic heterocycles. The van der Waals surface area contributed by atoms with Gasteiger partial charge < -0.3 is 5.11 Å². The highest BCUT2D eigenvalue weighted by molar-refractivity contribution is 7.15. The van der Waals surface area contributed by atoms with E-state index in [0.29, 0.717) is 11.4 Å². The molecule has 0 fully saturated rings. The molecule has 1 atom stereocenters. The van der Waals surface area contributed by atoms with Crippen LogP contribution >= 0.6 is 11.3 Å². The van der Waals surface area contributed by atoms with Gasteiger partial charge in [0.05, 0.1) is 5.69 Å². The zero-order valence-corrected chi connectivity index (χ0v) is 11.0. The fourth-order valence-corrected chi connectivity index (χ4v) is 2.90. The average Bonchev–Trinajstić information content (AvgIpc) is 2.84. The fourth-order valence-electron chi connectivity index (χ4n) is 1.92. The predicted octanol–water partition coefficient (Wildman–Crippen LogP) is 3.17. The van der Waals surface area contributed by atoms with E-state index >= 15 is 0 Å². The maximum Gasteiger partial charge on any atom is 0.354 e.